The van der Waals surface area contributed by atoms with Crippen LogP contribution in [0.25, 0.3) is 11.1 Å². The van der Waals surface area contributed by atoms with Crippen molar-refractivity contribution in [3.63, 3.8) is 0 Å². The molecule has 0 aliphatic rings. The predicted molar refractivity (Wildman–Crippen MR) is 105 cm³/mol. The van der Waals surface area contributed by atoms with Gasteiger partial charge in [0.1, 0.15) is 23.0 Å². The summed E-state index contributed by atoms with van der Waals surface area (Å²) in [5.41, 5.74) is 1.98. The van der Waals surface area contributed by atoms with E-state index in [0.29, 0.717) is 0 Å². The highest BCUT2D eigenvalue weighted by atomic mass is 16.5. The first-order valence-electron chi connectivity index (χ1n) is 8.54. The fourth-order valence-electron chi connectivity index (χ4n) is 2.80. The summed E-state index contributed by atoms with van der Waals surface area (Å²) in [5.74, 6) is 3.11. The average Bonchev–Trinajstić information content (AvgIpc) is 2.70. The SMILES string of the molecule is c1ccc(Oc2cccc(Oc3ccccc3)c2-c2ccccc2)cc1. The van der Waals surface area contributed by atoms with E-state index in [1.807, 2.05) is 97.1 Å². The molecule has 4 rings (SSSR count). The monoisotopic (exact) mass is 338 g/mol. The Kier molecular flexibility index (Phi) is 4.66. The maximum atomic E-state index is 6.16. The fraction of sp³-hybridized carbons (Fsp3) is 0. The first kappa shape index (κ1) is 16.0. The van der Waals surface area contributed by atoms with E-state index >= 15 is 0 Å². The number of hydrogen-bond donors (Lipinski definition) is 0. The van der Waals surface area contributed by atoms with Crippen LogP contribution in [0, 0.1) is 0 Å². The standard InChI is InChI=1S/C24H18O2/c1-4-11-19(12-5-1)24-22(25-20-13-6-2-7-14-20)17-10-18-23(24)26-21-15-8-3-9-16-21/h1-18H. The van der Waals surface area contributed by atoms with E-state index in [-0.39, 0.29) is 0 Å². The Morgan fingerprint density at radius 3 is 1.27 bits per heavy atom. The molecule has 0 aromatic heterocycles. The lowest BCUT2D eigenvalue weighted by molar-refractivity contribution is 0.463. The molecule has 0 spiro atoms. The Bertz CT molecular complexity index is 905. The van der Waals surface area contributed by atoms with Crippen molar-refractivity contribution < 1.29 is 9.47 Å². The van der Waals surface area contributed by atoms with E-state index in [4.69, 9.17) is 9.47 Å². The second-order valence-electron chi connectivity index (χ2n) is 5.83. The molecular formula is C24H18O2. The van der Waals surface area contributed by atoms with Gasteiger partial charge in [-0.3, -0.25) is 0 Å². The highest BCUT2D eigenvalue weighted by Crippen LogP contribution is 2.41. The van der Waals surface area contributed by atoms with Crippen LogP contribution in [0.2, 0.25) is 0 Å². The molecular weight excluding hydrogens is 320 g/mol. The van der Waals surface area contributed by atoms with Crippen LogP contribution in [0.5, 0.6) is 23.0 Å². The molecule has 0 saturated heterocycles. The molecule has 0 N–H and O–H groups in total. The summed E-state index contributed by atoms with van der Waals surface area (Å²) in [4.78, 5) is 0. The average molecular weight is 338 g/mol. The molecule has 0 aliphatic carbocycles. The summed E-state index contributed by atoms with van der Waals surface area (Å²) in [6.45, 7) is 0. The van der Waals surface area contributed by atoms with Crippen LogP contribution in [0.1, 0.15) is 0 Å². The van der Waals surface area contributed by atoms with Crippen molar-refractivity contribution in [3.05, 3.63) is 109 Å². The van der Waals surface area contributed by atoms with Crippen molar-refractivity contribution in [2.75, 3.05) is 0 Å². The minimum absolute atomic E-state index is 0.760. The van der Waals surface area contributed by atoms with Gasteiger partial charge in [-0.15, -0.1) is 0 Å². The van der Waals surface area contributed by atoms with Crippen LogP contribution in [0.15, 0.2) is 109 Å². The Hall–Kier alpha value is -3.52. The zero-order chi connectivity index (χ0) is 17.6. The van der Waals surface area contributed by atoms with Gasteiger partial charge in [0.15, 0.2) is 0 Å². The number of hydrogen-bond acceptors (Lipinski definition) is 2. The molecule has 0 unspecified atom stereocenters. The van der Waals surface area contributed by atoms with Gasteiger partial charge < -0.3 is 9.47 Å². The minimum atomic E-state index is 0.760. The van der Waals surface area contributed by atoms with Gasteiger partial charge >= 0.3 is 0 Å². The van der Waals surface area contributed by atoms with Crippen LogP contribution in [0.4, 0.5) is 0 Å². The number of rotatable bonds is 5. The first-order chi connectivity index (χ1) is 12.9. The Labute approximate surface area is 153 Å². The molecule has 0 fully saturated rings. The van der Waals surface area contributed by atoms with Crippen molar-refractivity contribution in [2.45, 2.75) is 0 Å². The van der Waals surface area contributed by atoms with Crippen molar-refractivity contribution in [1.82, 2.24) is 0 Å². The van der Waals surface area contributed by atoms with Gasteiger partial charge in [-0.2, -0.15) is 0 Å². The molecule has 126 valence electrons. The summed E-state index contributed by atoms with van der Waals surface area (Å²) in [6.07, 6.45) is 0. The lowest BCUT2D eigenvalue weighted by atomic mass is 10.0. The molecule has 2 nitrogen and oxygen atoms in total. The quantitative estimate of drug-likeness (QED) is 0.392. The summed E-state index contributed by atoms with van der Waals surface area (Å²) in [7, 11) is 0. The third-order valence-electron chi connectivity index (χ3n) is 3.99. The molecule has 0 aliphatic heterocycles. The smallest absolute Gasteiger partial charge is 0.139 e. The van der Waals surface area contributed by atoms with Gasteiger partial charge in [-0.1, -0.05) is 72.8 Å². The second-order valence-corrected chi connectivity index (χ2v) is 5.83. The number of benzene rings is 4. The van der Waals surface area contributed by atoms with Crippen molar-refractivity contribution in [3.8, 4) is 34.1 Å². The summed E-state index contributed by atoms with van der Waals surface area (Å²) < 4.78 is 12.3. The molecule has 0 radical (unpaired) electrons. The Balaban J connectivity index is 1.79. The van der Waals surface area contributed by atoms with Crippen LogP contribution in [0.3, 0.4) is 0 Å². The Morgan fingerprint density at radius 1 is 0.385 bits per heavy atom. The normalized spacial score (nSPS) is 10.3. The fourth-order valence-corrected chi connectivity index (χ4v) is 2.80. The second kappa shape index (κ2) is 7.58. The van der Waals surface area contributed by atoms with Crippen LogP contribution in [-0.2, 0) is 0 Å². The van der Waals surface area contributed by atoms with Gasteiger partial charge in [0.2, 0.25) is 0 Å². The van der Waals surface area contributed by atoms with Crippen molar-refractivity contribution >= 4 is 0 Å². The molecule has 4 aromatic rings. The van der Waals surface area contributed by atoms with E-state index < -0.39 is 0 Å². The molecule has 0 amide bonds. The van der Waals surface area contributed by atoms with Gasteiger partial charge in [-0.25, -0.2) is 0 Å². The topological polar surface area (TPSA) is 18.5 Å². The third kappa shape index (κ3) is 3.60. The summed E-state index contributed by atoms with van der Waals surface area (Å²) >= 11 is 0. The van der Waals surface area contributed by atoms with Crippen LogP contribution in [-0.4, -0.2) is 0 Å². The molecule has 4 aromatic carbocycles. The maximum Gasteiger partial charge on any atom is 0.139 e. The van der Waals surface area contributed by atoms with E-state index in [1.165, 1.54) is 0 Å². The van der Waals surface area contributed by atoms with E-state index in [2.05, 4.69) is 12.1 Å². The van der Waals surface area contributed by atoms with Crippen molar-refractivity contribution in [1.29, 1.82) is 0 Å². The maximum absolute atomic E-state index is 6.16. The largest absolute Gasteiger partial charge is 0.457 e. The zero-order valence-corrected chi connectivity index (χ0v) is 14.2. The van der Waals surface area contributed by atoms with Crippen LogP contribution < -0.4 is 9.47 Å². The van der Waals surface area contributed by atoms with Crippen molar-refractivity contribution in [2.24, 2.45) is 0 Å². The highest BCUT2D eigenvalue weighted by molar-refractivity contribution is 5.77. The highest BCUT2D eigenvalue weighted by Gasteiger charge is 2.14. The third-order valence-corrected chi connectivity index (χ3v) is 3.99. The van der Waals surface area contributed by atoms with E-state index in [9.17, 15) is 0 Å². The minimum Gasteiger partial charge on any atom is -0.457 e. The van der Waals surface area contributed by atoms with Crippen LogP contribution >= 0.6 is 0 Å². The van der Waals surface area contributed by atoms with Gasteiger partial charge in [0.05, 0.1) is 5.56 Å². The van der Waals surface area contributed by atoms with Gasteiger partial charge in [-0.05, 0) is 42.0 Å². The summed E-state index contributed by atoms with van der Waals surface area (Å²) in [5, 5.41) is 0. The van der Waals surface area contributed by atoms with E-state index in [0.717, 1.165) is 34.1 Å². The lowest BCUT2D eigenvalue weighted by Gasteiger charge is -2.16. The van der Waals surface area contributed by atoms with Gasteiger partial charge in [0.25, 0.3) is 0 Å². The molecule has 2 heteroatoms. The number of para-hydroxylation sites is 2. The molecule has 26 heavy (non-hydrogen) atoms. The van der Waals surface area contributed by atoms with Gasteiger partial charge in [0, 0.05) is 0 Å². The Morgan fingerprint density at radius 2 is 0.808 bits per heavy atom. The molecule has 0 heterocycles. The summed E-state index contributed by atoms with van der Waals surface area (Å²) in [6, 6.07) is 35.6. The molecule has 0 atom stereocenters. The molecule has 0 saturated carbocycles. The molecule has 0 bridgehead atoms. The van der Waals surface area contributed by atoms with E-state index in [1.54, 1.807) is 0 Å². The lowest BCUT2D eigenvalue weighted by Crippen LogP contribution is -1.93. The predicted octanol–water partition coefficient (Wildman–Crippen LogP) is 6.94. The zero-order valence-electron chi connectivity index (χ0n) is 14.2. The first-order valence-corrected chi connectivity index (χ1v) is 8.54. The number of ether oxygens (including phenoxy) is 2.